The van der Waals surface area contributed by atoms with Gasteiger partial charge in [0.25, 0.3) is 0 Å². The third kappa shape index (κ3) is 1.91. The van der Waals surface area contributed by atoms with Gasteiger partial charge < -0.3 is 9.67 Å². The van der Waals surface area contributed by atoms with E-state index in [1.54, 1.807) is 0 Å². The van der Waals surface area contributed by atoms with Crippen molar-refractivity contribution in [2.75, 3.05) is 0 Å². The minimum atomic E-state index is -0.292. The topological polar surface area (TPSA) is 25.2 Å². The van der Waals surface area contributed by atoms with Crippen molar-refractivity contribution in [2.45, 2.75) is 32.3 Å². The molecular weight excluding hydrogens is 290 g/mol. The molecule has 0 fully saturated rings. The number of aliphatic hydroxyl groups excluding tert-OH is 1. The van der Waals surface area contributed by atoms with Crippen LogP contribution in [-0.2, 0) is 6.42 Å². The summed E-state index contributed by atoms with van der Waals surface area (Å²) in [6.45, 7) is 2.09. The van der Waals surface area contributed by atoms with E-state index in [0.29, 0.717) is 0 Å². The van der Waals surface area contributed by atoms with Crippen LogP contribution in [-0.4, -0.2) is 9.67 Å². The highest BCUT2D eigenvalue weighted by Gasteiger charge is 2.22. The number of hydrogen-bond donors (Lipinski definition) is 1. The zero-order valence-electron chi connectivity index (χ0n) is 10.4. The van der Waals surface area contributed by atoms with Gasteiger partial charge in [0.1, 0.15) is 0 Å². The van der Waals surface area contributed by atoms with Gasteiger partial charge in [-0.3, -0.25) is 0 Å². The Morgan fingerprint density at radius 1 is 1.33 bits per heavy atom. The first-order chi connectivity index (χ1) is 8.66. The summed E-state index contributed by atoms with van der Waals surface area (Å²) >= 11 is 3.63. The molecule has 1 aromatic carbocycles. The Morgan fingerprint density at radius 2 is 2.17 bits per heavy atom. The minimum absolute atomic E-state index is 0.292. The van der Waals surface area contributed by atoms with Gasteiger partial charge in [-0.05, 0) is 65.9 Å². The molecule has 0 spiro atoms. The fraction of sp³-hybridized carbons (Fsp3) is 0.333. The van der Waals surface area contributed by atoms with E-state index in [2.05, 4.69) is 51.8 Å². The highest BCUT2D eigenvalue weighted by atomic mass is 79.9. The van der Waals surface area contributed by atoms with Gasteiger partial charge in [-0.2, -0.15) is 0 Å². The average molecular weight is 306 g/mol. The number of nitrogens with zero attached hydrogens (tertiary/aromatic N) is 1. The second-order valence-electron chi connectivity index (χ2n) is 4.95. The second kappa shape index (κ2) is 4.56. The number of halogens is 1. The molecule has 1 heterocycles. The second-order valence-corrected chi connectivity index (χ2v) is 5.81. The van der Waals surface area contributed by atoms with Gasteiger partial charge in [0.15, 0.2) is 0 Å². The summed E-state index contributed by atoms with van der Waals surface area (Å²) in [5, 5.41) is 10.0. The van der Waals surface area contributed by atoms with E-state index in [1.807, 2.05) is 6.07 Å². The maximum absolute atomic E-state index is 10.0. The lowest BCUT2D eigenvalue weighted by atomic mass is 9.95. The SMILES string of the molecule is Cc1ccc(-n2ccc3c2CCCC3O)c(Br)c1. The molecule has 1 aromatic heterocycles. The van der Waals surface area contributed by atoms with E-state index in [0.717, 1.165) is 35.0 Å². The number of aryl methyl sites for hydroxylation is 1. The van der Waals surface area contributed by atoms with Crippen LogP contribution >= 0.6 is 15.9 Å². The Hall–Kier alpha value is -1.06. The number of hydrogen-bond acceptors (Lipinski definition) is 1. The Balaban J connectivity index is 2.12. The summed E-state index contributed by atoms with van der Waals surface area (Å²) in [5.41, 5.74) is 4.73. The van der Waals surface area contributed by atoms with Gasteiger partial charge in [-0.1, -0.05) is 6.07 Å². The Labute approximate surface area is 115 Å². The largest absolute Gasteiger partial charge is 0.388 e. The van der Waals surface area contributed by atoms with Gasteiger partial charge in [0.05, 0.1) is 11.8 Å². The van der Waals surface area contributed by atoms with Crippen molar-refractivity contribution in [3.63, 3.8) is 0 Å². The molecule has 0 amide bonds. The van der Waals surface area contributed by atoms with E-state index < -0.39 is 0 Å². The molecule has 0 bridgehead atoms. The minimum Gasteiger partial charge on any atom is -0.388 e. The van der Waals surface area contributed by atoms with E-state index in [-0.39, 0.29) is 6.10 Å². The predicted octanol–water partition coefficient (Wildman–Crippen LogP) is 3.92. The average Bonchev–Trinajstić information content (AvgIpc) is 2.74. The standard InChI is InChI=1S/C15H16BrNO/c1-10-5-6-14(12(16)9-10)17-8-7-11-13(17)3-2-4-15(11)18/h5-9,15,18H,2-4H2,1H3. The lowest BCUT2D eigenvalue weighted by Gasteiger charge is -2.20. The number of rotatable bonds is 1. The van der Waals surface area contributed by atoms with Crippen LogP contribution in [0.5, 0.6) is 0 Å². The van der Waals surface area contributed by atoms with Gasteiger partial charge in [0.2, 0.25) is 0 Å². The zero-order chi connectivity index (χ0) is 12.7. The number of aromatic nitrogens is 1. The first-order valence-corrected chi connectivity index (χ1v) is 7.11. The molecule has 0 saturated carbocycles. The maximum atomic E-state index is 10.0. The molecule has 3 rings (SSSR count). The summed E-state index contributed by atoms with van der Waals surface area (Å²) in [6, 6.07) is 8.42. The smallest absolute Gasteiger partial charge is 0.0807 e. The lowest BCUT2D eigenvalue weighted by molar-refractivity contribution is 0.156. The Morgan fingerprint density at radius 3 is 2.94 bits per heavy atom. The molecule has 2 aromatic rings. The number of benzene rings is 1. The van der Waals surface area contributed by atoms with E-state index in [9.17, 15) is 5.11 Å². The molecular formula is C15H16BrNO. The van der Waals surface area contributed by atoms with Crippen LogP contribution in [0.3, 0.4) is 0 Å². The number of aliphatic hydroxyl groups is 1. The summed E-state index contributed by atoms with van der Waals surface area (Å²) in [4.78, 5) is 0. The molecule has 1 aliphatic rings. The third-order valence-corrected chi connectivity index (χ3v) is 4.28. The Kier molecular flexibility index (Phi) is 3.04. The molecule has 0 aliphatic heterocycles. The molecule has 2 nitrogen and oxygen atoms in total. The van der Waals surface area contributed by atoms with Crippen LogP contribution in [0, 0.1) is 6.92 Å². The molecule has 3 heteroatoms. The van der Waals surface area contributed by atoms with Crippen LogP contribution in [0.1, 0.15) is 35.8 Å². The lowest BCUT2D eigenvalue weighted by Crippen LogP contribution is -2.11. The summed E-state index contributed by atoms with van der Waals surface area (Å²) in [7, 11) is 0. The molecule has 0 radical (unpaired) electrons. The van der Waals surface area contributed by atoms with Crippen molar-refractivity contribution in [3.8, 4) is 5.69 Å². The predicted molar refractivity (Wildman–Crippen MR) is 76.1 cm³/mol. The van der Waals surface area contributed by atoms with Crippen LogP contribution in [0.4, 0.5) is 0 Å². The quantitative estimate of drug-likeness (QED) is 0.849. The Bertz CT molecular complexity index is 588. The fourth-order valence-corrected chi connectivity index (χ4v) is 3.38. The zero-order valence-corrected chi connectivity index (χ0v) is 11.9. The van der Waals surface area contributed by atoms with Crippen molar-refractivity contribution in [2.24, 2.45) is 0 Å². The first kappa shape index (κ1) is 12.0. The van der Waals surface area contributed by atoms with E-state index in [1.165, 1.54) is 11.3 Å². The van der Waals surface area contributed by atoms with E-state index in [4.69, 9.17) is 0 Å². The van der Waals surface area contributed by atoms with Crippen LogP contribution < -0.4 is 0 Å². The molecule has 1 unspecified atom stereocenters. The first-order valence-electron chi connectivity index (χ1n) is 6.31. The molecule has 94 valence electrons. The molecule has 1 N–H and O–H groups in total. The highest BCUT2D eigenvalue weighted by Crippen LogP contribution is 2.33. The molecule has 1 atom stereocenters. The number of fused-ring (bicyclic) bond motifs is 1. The monoisotopic (exact) mass is 305 g/mol. The van der Waals surface area contributed by atoms with Crippen molar-refractivity contribution in [1.29, 1.82) is 0 Å². The van der Waals surface area contributed by atoms with Gasteiger partial charge >= 0.3 is 0 Å². The van der Waals surface area contributed by atoms with Crippen LogP contribution in [0.25, 0.3) is 5.69 Å². The van der Waals surface area contributed by atoms with Gasteiger partial charge in [0, 0.05) is 21.9 Å². The molecule has 1 aliphatic carbocycles. The summed E-state index contributed by atoms with van der Waals surface area (Å²) in [5.74, 6) is 0. The molecule has 0 saturated heterocycles. The maximum Gasteiger partial charge on any atom is 0.0807 e. The van der Waals surface area contributed by atoms with Crippen molar-refractivity contribution in [1.82, 2.24) is 4.57 Å². The summed E-state index contributed by atoms with van der Waals surface area (Å²) in [6.07, 6.45) is 4.75. The summed E-state index contributed by atoms with van der Waals surface area (Å²) < 4.78 is 3.29. The van der Waals surface area contributed by atoms with Gasteiger partial charge in [-0.25, -0.2) is 0 Å². The molecule has 18 heavy (non-hydrogen) atoms. The van der Waals surface area contributed by atoms with Crippen molar-refractivity contribution < 1.29 is 5.11 Å². The van der Waals surface area contributed by atoms with Crippen molar-refractivity contribution >= 4 is 15.9 Å². The van der Waals surface area contributed by atoms with Crippen LogP contribution in [0.2, 0.25) is 0 Å². The van der Waals surface area contributed by atoms with E-state index >= 15 is 0 Å². The van der Waals surface area contributed by atoms with Crippen LogP contribution in [0.15, 0.2) is 34.9 Å². The van der Waals surface area contributed by atoms with Crippen molar-refractivity contribution in [3.05, 3.63) is 51.8 Å². The third-order valence-electron chi connectivity index (χ3n) is 3.64. The van der Waals surface area contributed by atoms with Gasteiger partial charge in [-0.15, -0.1) is 0 Å². The normalized spacial score (nSPS) is 18.7. The fourth-order valence-electron chi connectivity index (χ4n) is 2.70. The highest BCUT2D eigenvalue weighted by molar-refractivity contribution is 9.10.